The Labute approximate surface area is 107 Å². The molecule has 0 heterocycles. The maximum atomic E-state index is 12.2. The van der Waals surface area contributed by atoms with Gasteiger partial charge in [0.15, 0.2) is 11.6 Å². The lowest BCUT2D eigenvalue weighted by atomic mass is 9.74. The summed E-state index contributed by atoms with van der Waals surface area (Å²) in [5, 5.41) is 19.8. The van der Waals surface area contributed by atoms with E-state index in [-0.39, 0.29) is 40.8 Å². The summed E-state index contributed by atoms with van der Waals surface area (Å²) >= 11 is 0. The number of aliphatic hydroxyl groups is 2. The molecule has 1 aliphatic carbocycles. The van der Waals surface area contributed by atoms with E-state index >= 15 is 0 Å². The lowest BCUT2D eigenvalue weighted by Gasteiger charge is -2.29. The molecule has 0 aromatic rings. The lowest BCUT2D eigenvalue weighted by molar-refractivity contribution is -0.127. The maximum Gasteiger partial charge on any atom is 0.183 e. The van der Waals surface area contributed by atoms with Crippen molar-refractivity contribution in [3.63, 3.8) is 0 Å². The predicted octanol–water partition coefficient (Wildman–Crippen LogP) is 2.85. The van der Waals surface area contributed by atoms with Crippen LogP contribution in [-0.2, 0) is 9.59 Å². The third kappa shape index (κ3) is 2.19. The zero-order valence-electron chi connectivity index (χ0n) is 11.5. The molecule has 100 valence electrons. The minimum Gasteiger partial charge on any atom is -0.511 e. The first-order chi connectivity index (χ1) is 8.10. The average molecular weight is 252 g/mol. The second-order valence-corrected chi connectivity index (χ2v) is 5.67. The van der Waals surface area contributed by atoms with E-state index in [0.717, 1.165) is 0 Å². The molecule has 0 radical (unpaired) electrons. The molecule has 2 N–H and O–H groups in total. The summed E-state index contributed by atoms with van der Waals surface area (Å²) in [6, 6.07) is 0. The Morgan fingerprint density at radius 2 is 1.78 bits per heavy atom. The van der Waals surface area contributed by atoms with Crippen LogP contribution in [-0.4, -0.2) is 21.8 Å². The maximum absolute atomic E-state index is 12.2. The number of carbonyl (C=O) groups excluding carboxylic acids is 2. The molecule has 0 aliphatic heterocycles. The first kappa shape index (κ1) is 14.5. The van der Waals surface area contributed by atoms with Gasteiger partial charge in [-0.2, -0.15) is 0 Å². The summed E-state index contributed by atoms with van der Waals surface area (Å²) < 4.78 is 0. The molecule has 0 atom stereocenters. The molecular weight excluding hydrogens is 232 g/mol. The fourth-order valence-electron chi connectivity index (χ4n) is 2.03. The molecular formula is C14H20O4. The van der Waals surface area contributed by atoms with E-state index in [0.29, 0.717) is 0 Å². The van der Waals surface area contributed by atoms with E-state index in [4.69, 9.17) is 0 Å². The molecule has 0 spiro atoms. The van der Waals surface area contributed by atoms with Gasteiger partial charge in [0.1, 0.15) is 17.1 Å². The lowest BCUT2D eigenvalue weighted by Crippen LogP contribution is -2.36. The number of aliphatic hydroxyl groups excluding tert-OH is 2. The monoisotopic (exact) mass is 252 g/mol. The molecule has 1 rings (SSSR count). The van der Waals surface area contributed by atoms with Crippen molar-refractivity contribution in [2.24, 2.45) is 11.3 Å². The zero-order valence-corrected chi connectivity index (χ0v) is 11.5. The minimum absolute atomic E-state index is 0.105. The predicted molar refractivity (Wildman–Crippen MR) is 68.2 cm³/mol. The van der Waals surface area contributed by atoms with Crippen molar-refractivity contribution in [2.45, 2.75) is 41.0 Å². The van der Waals surface area contributed by atoms with Crippen LogP contribution in [0.15, 0.2) is 22.7 Å². The third-order valence-corrected chi connectivity index (χ3v) is 3.21. The summed E-state index contributed by atoms with van der Waals surface area (Å²) in [5.41, 5.74) is -1.13. The van der Waals surface area contributed by atoms with Gasteiger partial charge in [-0.25, -0.2) is 0 Å². The summed E-state index contributed by atoms with van der Waals surface area (Å²) in [6.07, 6.45) is 0.204. The van der Waals surface area contributed by atoms with E-state index < -0.39 is 11.2 Å². The number of hydrogen-bond acceptors (Lipinski definition) is 4. The van der Waals surface area contributed by atoms with Crippen LogP contribution in [0.5, 0.6) is 0 Å². The van der Waals surface area contributed by atoms with Gasteiger partial charge in [0, 0.05) is 12.0 Å². The number of carbonyl (C=O) groups is 2. The van der Waals surface area contributed by atoms with Crippen LogP contribution in [0.3, 0.4) is 0 Å². The van der Waals surface area contributed by atoms with Crippen LogP contribution in [0.1, 0.15) is 41.0 Å². The second-order valence-electron chi connectivity index (χ2n) is 5.67. The number of rotatable bonds is 3. The Balaban J connectivity index is 3.33. The van der Waals surface area contributed by atoms with E-state index in [1.54, 1.807) is 13.8 Å². The van der Waals surface area contributed by atoms with Crippen LogP contribution >= 0.6 is 0 Å². The van der Waals surface area contributed by atoms with E-state index in [2.05, 4.69) is 0 Å². The number of hydrogen-bond donors (Lipinski definition) is 2. The normalized spacial score (nSPS) is 19.8. The molecule has 0 saturated heterocycles. The van der Waals surface area contributed by atoms with Crippen LogP contribution in [0.4, 0.5) is 0 Å². The van der Waals surface area contributed by atoms with Crippen molar-refractivity contribution in [2.75, 3.05) is 0 Å². The first-order valence-electron chi connectivity index (χ1n) is 6.02. The molecule has 4 heteroatoms. The van der Waals surface area contributed by atoms with E-state index in [1.807, 2.05) is 13.8 Å². The van der Waals surface area contributed by atoms with Crippen LogP contribution in [0.25, 0.3) is 0 Å². The highest BCUT2D eigenvalue weighted by Gasteiger charge is 2.43. The molecule has 0 bridgehead atoms. The van der Waals surface area contributed by atoms with Gasteiger partial charge >= 0.3 is 0 Å². The van der Waals surface area contributed by atoms with Gasteiger partial charge in [-0.05, 0) is 26.7 Å². The fourth-order valence-corrected chi connectivity index (χ4v) is 2.03. The largest absolute Gasteiger partial charge is 0.511 e. The van der Waals surface area contributed by atoms with E-state index in [9.17, 15) is 19.8 Å². The van der Waals surface area contributed by atoms with Gasteiger partial charge in [0.2, 0.25) is 0 Å². The summed E-state index contributed by atoms with van der Waals surface area (Å²) in [7, 11) is 0. The quantitative estimate of drug-likeness (QED) is 0.757. The number of ketones is 2. The third-order valence-electron chi connectivity index (χ3n) is 3.21. The summed E-state index contributed by atoms with van der Waals surface area (Å²) in [6.45, 7) is 8.33. The van der Waals surface area contributed by atoms with Gasteiger partial charge in [-0.1, -0.05) is 13.8 Å². The van der Waals surface area contributed by atoms with Gasteiger partial charge in [-0.15, -0.1) is 0 Å². The van der Waals surface area contributed by atoms with Crippen molar-refractivity contribution >= 4 is 11.6 Å². The highest BCUT2D eigenvalue weighted by molar-refractivity contribution is 6.24. The molecule has 0 amide bonds. The van der Waals surface area contributed by atoms with Gasteiger partial charge in [0.05, 0.1) is 5.41 Å². The molecule has 4 nitrogen and oxygen atoms in total. The van der Waals surface area contributed by atoms with Crippen molar-refractivity contribution < 1.29 is 19.8 Å². The van der Waals surface area contributed by atoms with Crippen molar-refractivity contribution in [3.8, 4) is 0 Å². The number of Topliss-reactive ketones (excluding diaryl/α,β-unsaturated/α-hetero) is 2. The van der Waals surface area contributed by atoms with Crippen LogP contribution in [0, 0.1) is 11.3 Å². The summed E-state index contributed by atoms with van der Waals surface area (Å²) in [5.74, 6) is -1.34. The summed E-state index contributed by atoms with van der Waals surface area (Å²) in [4.78, 5) is 24.2. The minimum atomic E-state index is -1.15. The van der Waals surface area contributed by atoms with Gasteiger partial charge in [0.25, 0.3) is 0 Å². The van der Waals surface area contributed by atoms with Crippen molar-refractivity contribution in [3.05, 3.63) is 22.7 Å². The molecule has 0 aromatic heterocycles. The Hall–Kier alpha value is -1.58. The molecule has 1 aliphatic rings. The van der Waals surface area contributed by atoms with Crippen molar-refractivity contribution in [1.82, 2.24) is 0 Å². The van der Waals surface area contributed by atoms with E-state index in [1.165, 1.54) is 6.92 Å². The molecule has 0 fully saturated rings. The highest BCUT2D eigenvalue weighted by Crippen LogP contribution is 2.38. The zero-order chi connectivity index (χ0) is 14.2. The Morgan fingerprint density at radius 1 is 1.28 bits per heavy atom. The van der Waals surface area contributed by atoms with Gasteiger partial charge in [-0.3, -0.25) is 9.59 Å². The Morgan fingerprint density at radius 3 is 2.22 bits per heavy atom. The molecule has 0 aromatic carbocycles. The average Bonchev–Trinajstić information content (AvgIpc) is 2.24. The molecule has 18 heavy (non-hydrogen) atoms. The smallest absolute Gasteiger partial charge is 0.183 e. The second kappa shape index (κ2) is 4.59. The number of allylic oxidation sites excluding steroid dienone is 3. The SMILES string of the molecule is CC1=C(O)C(C)(C)C(=O)C(C(=O)CC(C)C)=C1O. The highest BCUT2D eigenvalue weighted by atomic mass is 16.3. The first-order valence-corrected chi connectivity index (χ1v) is 6.02. The van der Waals surface area contributed by atoms with Gasteiger partial charge < -0.3 is 10.2 Å². The topological polar surface area (TPSA) is 74.6 Å². The standard InChI is InChI=1S/C14H20O4/c1-7(2)6-9(15)10-11(16)8(3)12(17)14(4,5)13(10)18/h7,16-17H,6H2,1-5H3. The van der Waals surface area contributed by atoms with Crippen molar-refractivity contribution in [1.29, 1.82) is 0 Å². The van der Waals surface area contributed by atoms with Crippen LogP contribution < -0.4 is 0 Å². The van der Waals surface area contributed by atoms with Crippen LogP contribution in [0.2, 0.25) is 0 Å². The fraction of sp³-hybridized carbons (Fsp3) is 0.571. The molecule has 0 unspecified atom stereocenters. The molecule has 0 saturated carbocycles. The Kier molecular flexibility index (Phi) is 3.70. The Bertz CT molecular complexity index is 464.